The lowest BCUT2D eigenvalue weighted by molar-refractivity contribution is 0.197. The van der Waals surface area contributed by atoms with E-state index in [1.54, 1.807) is 0 Å². The number of hydrogen-bond acceptors (Lipinski definition) is 2. The van der Waals surface area contributed by atoms with Crippen molar-refractivity contribution < 1.29 is 0 Å². The molecular weight excluding hydrogens is 246 g/mol. The van der Waals surface area contributed by atoms with Crippen LogP contribution in [0.4, 0.5) is 0 Å². The van der Waals surface area contributed by atoms with Crippen LogP contribution in [-0.2, 0) is 13.6 Å². The monoisotopic (exact) mass is 271 g/mol. The van der Waals surface area contributed by atoms with Crippen molar-refractivity contribution in [3.63, 3.8) is 0 Å². The van der Waals surface area contributed by atoms with Crippen LogP contribution in [0.3, 0.4) is 0 Å². The first-order valence-electron chi connectivity index (χ1n) is 7.69. The molecule has 1 aliphatic rings. The summed E-state index contributed by atoms with van der Waals surface area (Å²) in [4.78, 5) is 0. The highest BCUT2D eigenvalue weighted by Gasteiger charge is 2.27. The highest BCUT2D eigenvalue weighted by Crippen LogP contribution is 2.35. The number of rotatable bonds is 3. The Kier molecular flexibility index (Phi) is 3.55. The Labute approximate surface area is 121 Å². The van der Waals surface area contributed by atoms with E-state index in [0.717, 1.165) is 6.54 Å². The fraction of sp³-hybridized carbons (Fsp3) is 0.588. The van der Waals surface area contributed by atoms with Gasteiger partial charge in [-0.1, -0.05) is 38.5 Å². The molecule has 3 rings (SSSR count). The third kappa shape index (κ3) is 2.73. The minimum atomic E-state index is 0.488. The summed E-state index contributed by atoms with van der Waals surface area (Å²) in [6.45, 7) is 5.65. The number of hydrogen-bond donors (Lipinski definition) is 1. The van der Waals surface area contributed by atoms with Crippen LogP contribution in [0.25, 0.3) is 10.9 Å². The van der Waals surface area contributed by atoms with Gasteiger partial charge >= 0.3 is 0 Å². The number of aromatic nitrogens is 2. The quantitative estimate of drug-likeness (QED) is 0.924. The maximum atomic E-state index is 4.66. The molecular formula is C17H25N3. The molecule has 0 aliphatic heterocycles. The molecule has 1 fully saturated rings. The number of nitrogens with zero attached hydrogens (tertiary/aromatic N) is 2. The molecule has 0 saturated heterocycles. The van der Waals surface area contributed by atoms with Gasteiger partial charge < -0.3 is 5.32 Å². The van der Waals surface area contributed by atoms with Crippen molar-refractivity contribution in [3.8, 4) is 0 Å². The topological polar surface area (TPSA) is 29.9 Å². The minimum absolute atomic E-state index is 0.488. The summed E-state index contributed by atoms with van der Waals surface area (Å²) < 4.78 is 1.98. The Morgan fingerprint density at radius 1 is 1.35 bits per heavy atom. The zero-order valence-corrected chi connectivity index (χ0v) is 12.8. The number of aryl methyl sites for hydroxylation is 1. The predicted octanol–water partition coefficient (Wildman–Crippen LogP) is 3.63. The number of nitrogens with one attached hydrogen (secondary N) is 1. The van der Waals surface area contributed by atoms with Crippen LogP contribution in [0.2, 0.25) is 0 Å². The van der Waals surface area contributed by atoms with Gasteiger partial charge in [0, 0.05) is 25.0 Å². The Bertz CT molecular complexity index is 597. The smallest absolute Gasteiger partial charge is 0.0841 e. The van der Waals surface area contributed by atoms with Crippen molar-refractivity contribution in [1.29, 1.82) is 0 Å². The van der Waals surface area contributed by atoms with Gasteiger partial charge in [-0.15, -0.1) is 0 Å². The zero-order chi connectivity index (χ0) is 14.2. The van der Waals surface area contributed by atoms with E-state index in [2.05, 4.69) is 48.5 Å². The van der Waals surface area contributed by atoms with Crippen molar-refractivity contribution in [2.24, 2.45) is 12.5 Å². The van der Waals surface area contributed by atoms with Gasteiger partial charge in [0.25, 0.3) is 0 Å². The molecule has 3 nitrogen and oxygen atoms in total. The normalized spacial score (nSPS) is 22.2. The number of para-hydroxylation sites is 1. The summed E-state index contributed by atoms with van der Waals surface area (Å²) in [5.41, 5.74) is 2.88. The van der Waals surface area contributed by atoms with Gasteiger partial charge in [-0.05, 0) is 30.7 Å². The van der Waals surface area contributed by atoms with E-state index in [0.29, 0.717) is 11.5 Å². The molecule has 1 unspecified atom stereocenters. The van der Waals surface area contributed by atoms with Crippen LogP contribution in [0.1, 0.15) is 45.2 Å². The standard InChI is InChI=1S/C17H25N3/c1-17(2)10-6-7-13(11-17)18-12-15-14-8-4-5-9-16(14)20(3)19-15/h4-5,8-9,13,18H,6-7,10-12H2,1-3H3. The molecule has 108 valence electrons. The Morgan fingerprint density at radius 2 is 2.15 bits per heavy atom. The molecule has 0 amide bonds. The maximum absolute atomic E-state index is 4.66. The summed E-state index contributed by atoms with van der Waals surface area (Å²) in [6.07, 6.45) is 5.28. The van der Waals surface area contributed by atoms with Gasteiger partial charge in [-0.25, -0.2) is 0 Å². The summed E-state index contributed by atoms with van der Waals surface area (Å²) in [7, 11) is 2.02. The molecule has 1 aromatic carbocycles. The lowest BCUT2D eigenvalue weighted by atomic mass is 9.75. The summed E-state index contributed by atoms with van der Waals surface area (Å²) in [6, 6.07) is 9.11. The first kappa shape index (κ1) is 13.6. The number of fused-ring (bicyclic) bond motifs is 1. The third-order valence-corrected chi connectivity index (χ3v) is 4.60. The molecule has 1 atom stereocenters. The molecule has 2 aromatic rings. The fourth-order valence-corrected chi connectivity index (χ4v) is 3.53. The zero-order valence-electron chi connectivity index (χ0n) is 12.8. The van der Waals surface area contributed by atoms with Gasteiger partial charge in [-0.2, -0.15) is 5.10 Å². The average molecular weight is 271 g/mol. The molecule has 1 aliphatic carbocycles. The molecule has 20 heavy (non-hydrogen) atoms. The second-order valence-corrected chi connectivity index (χ2v) is 6.93. The lowest BCUT2D eigenvalue weighted by Gasteiger charge is -2.35. The van der Waals surface area contributed by atoms with E-state index >= 15 is 0 Å². The molecule has 1 N–H and O–H groups in total. The van der Waals surface area contributed by atoms with Crippen molar-refractivity contribution in [2.45, 2.75) is 52.1 Å². The summed E-state index contributed by atoms with van der Waals surface area (Å²) in [5.74, 6) is 0. The highest BCUT2D eigenvalue weighted by atomic mass is 15.3. The van der Waals surface area contributed by atoms with Crippen LogP contribution in [0, 0.1) is 5.41 Å². The van der Waals surface area contributed by atoms with Crippen molar-refractivity contribution in [3.05, 3.63) is 30.0 Å². The van der Waals surface area contributed by atoms with Crippen LogP contribution >= 0.6 is 0 Å². The van der Waals surface area contributed by atoms with Crippen molar-refractivity contribution in [1.82, 2.24) is 15.1 Å². The lowest BCUT2D eigenvalue weighted by Crippen LogP contribution is -2.37. The highest BCUT2D eigenvalue weighted by molar-refractivity contribution is 5.81. The van der Waals surface area contributed by atoms with E-state index in [-0.39, 0.29) is 0 Å². The molecule has 1 aromatic heterocycles. The number of benzene rings is 1. The minimum Gasteiger partial charge on any atom is -0.308 e. The summed E-state index contributed by atoms with van der Waals surface area (Å²) in [5, 5.41) is 9.66. The molecule has 0 radical (unpaired) electrons. The Morgan fingerprint density at radius 3 is 2.95 bits per heavy atom. The van der Waals surface area contributed by atoms with Crippen LogP contribution in [0.15, 0.2) is 24.3 Å². The second kappa shape index (κ2) is 5.21. The SMILES string of the molecule is Cn1nc(CNC2CCCC(C)(C)C2)c2ccccc21. The second-order valence-electron chi connectivity index (χ2n) is 6.93. The predicted molar refractivity (Wildman–Crippen MR) is 83.6 cm³/mol. The van der Waals surface area contributed by atoms with Gasteiger partial charge in [0.1, 0.15) is 0 Å². The van der Waals surface area contributed by atoms with Crippen molar-refractivity contribution >= 4 is 10.9 Å². The first-order chi connectivity index (χ1) is 9.55. The summed E-state index contributed by atoms with van der Waals surface area (Å²) >= 11 is 0. The largest absolute Gasteiger partial charge is 0.308 e. The van der Waals surface area contributed by atoms with Crippen molar-refractivity contribution in [2.75, 3.05) is 0 Å². The third-order valence-electron chi connectivity index (χ3n) is 4.60. The molecule has 3 heteroatoms. The van der Waals surface area contributed by atoms with E-state index < -0.39 is 0 Å². The molecule has 1 saturated carbocycles. The Balaban J connectivity index is 1.71. The van der Waals surface area contributed by atoms with Gasteiger partial charge in [0.05, 0.1) is 11.2 Å². The molecule has 1 heterocycles. The van der Waals surface area contributed by atoms with Gasteiger partial charge in [0.2, 0.25) is 0 Å². The van der Waals surface area contributed by atoms with Crippen LogP contribution in [0.5, 0.6) is 0 Å². The molecule has 0 spiro atoms. The van der Waals surface area contributed by atoms with Crippen LogP contribution in [-0.4, -0.2) is 15.8 Å². The van der Waals surface area contributed by atoms with Gasteiger partial charge in [0.15, 0.2) is 0 Å². The van der Waals surface area contributed by atoms with E-state index in [1.807, 2.05) is 11.7 Å². The van der Waals surface area contributed by atoms with E-state index in [4.69, 9.17) is 0 Å². The average Bonchev–Trinajstić information content (AvgIpc) is 2.73. The van der Waals surface area contributed by atoms with E-state index in [9.17, 15) is 0 Å². The first-order valence-corrected chi connectivity index (χ1v) is 7.69. The van der Waals surface area contributed by atoms with E-state index in [1.165, 1.54) is 42.3 Å². The van der Waals surface area contributed by atoms with Crippen LogP contribution < -0.4 is 5.32 Å². The maximum Gasteiger partial charge on any atom is 0.0841 e. The van der Waals surface area contributed by atoms with Gasteiger partial charge in [-0.3, -0.25) is 4.68 Å². The molecule has 0 bridgehead atoms. The fourth-order valence-electron chi connectivity index (χ4n) is 3.53. The Hall–Kier alpha value is -1.35.